The lowest BCUT2D eigenvalue weighted by Crippen LogP contribution is -2.42. The van der Waals surface area contributed by atoms with Gasteiger partial charge in [0.1, 0.15) is 0 Å². The molecule has 3 rings (SSSR count). The second kappa shape index (κ2) is 5.52. The molecule has 2 aromatic heterocycles. The van der Waals surface area contributed by atoms with Crippen LogP contribution < -0.4 is 10.6 Å². The predicted octanol–water partition coefficient (Wildman–Crippen LogP) is 2.04. The normalized spacial score (nSPS) is 18.8. The van der Waals surface area contributed by atoms with E-state index >= 15 is 0 Å². The minimum Gasteiger partial charge on any atom is -0.347 e. The van der Waals surface area contributed by atoms with Crippen LogP contribution in [0.2, 0.25) is 0 Å². The fourth-order valence-corrected chi connectivity index (χ4v) is 3.61. The predicted molar refractivity (Wildman–Crippen MR) is 76.6 cm³/mol. The standard InChI is InChI=1S/C12H15BrN4S/c13-8-1-10(18-6-8)4-14-3-9-2-11-12(5-15-9)17-7-16-11/h1,6-7,9,14-15H,2-5H2,(H,16,17). The number of hydrogen-bond acceptors (Lipinski definition) is 4. The largest absolute Gasteiger partial charge is 0.347 e. The summed E-state index contributed by atoms with van der Waals surface area (Å²) in [6, 6.07) is 2.64. The van der Waals surface area contributed by atoms with Crippen LogP contribution in [-0.4, -0.2) is 22.6 Å². The monoisotopic (exact) mass is 326 g/mol. The Morgan fingerprint density at radius 3 is 3.33 bits per heavy atom. The summed E-state index contributed by atoms with van der Waals surface area (Å²) in [4.78, 5) is 8.87. The summed E-state index contributed by atoms with van der Waals surface area (Å²) in [7, 11) is 0. The number of nitrogens with one attached hydrogen (secondary N) is 3. The van der Waals surface area contributed by atoms with Crippen LogP contribution >= 0.6 is 27.3 Å². The summed E-state index contributed by atoms with van der Waals surface area (Å²) >= 11 is 5.25. The maximum atomic E-state index is 4.35. The number of hydrogen-bond donors (Lipinski definition) is 3. The molecule has 0 spiro atoms. The van der Waals surface area contributed by atoms with Gasteiger partial charge in [0, 0.05) is 46.8 Å². The van der Waals surface area contributed by atoms with Gasteiger partial charge in [-0.2, -0.15) is 0 Å². The van der Waals surface area contributed by atoms with Gasteiger partial charge in [-0.1, -0.05) is 0 Å². The van der Waals surface area contributed by atoms with Crippen LogP contribution in [-0.2, 0) is 19.5 Å². The highest BCUT2D eigenvalue weighted by Crippen LogP contribution is 2.19. The van der Waals surface area contributed by atoms with Crippen molar-refractivity contribution in [2.75, 3.05) is 6.54 Å². The van der Waals surface area contributed by atoms with Crippen LogP contribution in [0.3, 0.4) is 0 Å². The zero-order chi connectivity index (χ0) is 12.4. The summed E-state index contributed by atoms with van der Waals surface area (Å²) in [5.41, 5.74) is 2.44. The number of nitrogens with zero attached hydrogens (tertiary/aromatic N) is 1. The molecule has 96 valence electrons. The number of fused-ring (bicyclic) bond motifs is 1. The highest BCUT2D eigenvalue weighted by molar-refractivity contribution is 9.10. The molecule has 1 atom stereocenters. The van der Waals surface area contributed by atoms with Crippen molar-refractivity contribution in [3.8, 4) is 0 Å². The molecule has 3 N–H and O–H groups in total. The number of rotatable bonds is 4. The van der Waals surface area contributed by atoms with E-state index in [1.54, 1.807) is 17.7 Å². The van der Waals surface area contributed by atoms with Crippen molar-refractivity contribution in [1.29, 1.82) is 0 Å². The summed E-state index contributed by atoms with van der Waals surface area (Å²) < 4.78 is 1.17. The Labute approximate surface area is 118 Å². The average Bonchev–Trinajstić information content (AvgIpc) is 2.97. The van der Waals surface area contributed by atoms with Crippen molar-refractivity contribution in [3.05, 3.63) is 38.5 Å². The number of imidazole rings is 1. The molecule has 1 aliphatic heterocycles. The van der Waals surface area contributed by atoms with E-state index < -0.39 is 0 Å². The fraction of sp³-hybridized carbons (Fsp3) is 0.417. The minimum absolute atomic E-state index is 0.476. The van der Waals surface area contributed by atoms with E-state index in [1.807, 2.05) is 0 Å². The first-order valence-corrected chi connectivity index (χ1v) is 7.66. The van der Waals surface area contributed by atoms with Crippen LogP contribution in [0.5, 0.6) is 0 Å². The van der Waals surface area contributed by atoms with Gasteiger partial charge in [0.25, 0.3) is 0 Å². The third-order valence-electron chi connectivity index (χ3n) is 3.13. The van der Waals surface area contributed by atoms with Gasteiger partial charge in [-0.25, -0.2) is 4.98 Å². The van der Waals surface area contributed by atoms with E-state index in [4.69, 9.17) is 0 Å². The van der Waals surface area contributed by atoms with Gasteiger partial charge in [-0.15, -0.1) is 11.3 Å². The lowest BCUT2D eigenvalue weighted by molar-refractivity contribution is 0.441. The molecule has 1 aliphatic rings. The second-order valence-electron chi connectivity index (χ2n) is 4.47. The lowest BCUT2D eigenvalue weighted by Gasteiger charge is -2.23. The third-order valence-corrected chi connectivity index (χ3v) is 4.82. The van der Waals surface area contributed by atoms with E-state index in [2.05, 4.69) is 48.0 Å². The van der Waals surface area contributed by atoms with Crippen molar-refractivity contribution in [1.82, 2.24) is 20.6 Å². The third kappa shape index (κ3) is 2.83. The van der Waals surface area contributed by atoms with Crippen LogP contribution in [0.4, 0.5) is 0 Å². The maximum absolute atomic E-state index is 4.35. The van der Waals surface area contributed by atoms with E-state index in [-0.39, 0.29) is 0 Å². The van der Waals surface area contributed by atoms with Crippen molar-refractivity contribution >= 4 is 27.3 Å². The molecule has 0 saturated heterocycles. The lowest BCUT2D eigenvalue weighted by atomic mass is 10.1. The first-order valence-electron chi connectivity index (χ1n) is 5.99. The summed E-state index contributed by atoms with van der Waals surface area (Å²) in [5.74, 6) is 0. The Balaban J connectivity index is 1.47. The van der Waals surface area contributed by atoms with Crippen LogP contribution in [0.15, 0.2) is 22.2 Å². The van der Waals surface area contributed by atoms with Crippen LogP contribution in [0.1, 0.15) is 16.3 Å². The summed E-state index contributed by atoms with van der Waals surface area (Å²) in [5, 5.41) is 9.13. The molecular weight excluding hydrogens is 312 g/mol. The molecule has 4 nitrogen and oxygen atoms in total. The van der Waals surface area contributed by atoms with E-state index in [9.17, 15) is 0 Å². The van der Waals surface area contributed by atoms with Gasteiger partial charge in [0.05, 0.1) is 17.7 Å². The quantitative estimate of drug-likeness (QED) is 0.805. The molecule has 0 bridgehead atoms. The zero-order valence-electron chi connectivity index (χ0n) is 9.87. The molecule has 0 aliphatic carbocycles. The van der Waals surface area contributed by atoms with Crippen LogP contribution in [0.25, 0.3) is 0 Å². The molecule has 2 aromatic rings. The van der Waals surface area contributed by atoms with E-state index in [1.165, 1.54) is 20.7 Å². The van der Waals surface area contributed by atoms with Crippen molar-refractivity contribution in [3.63, 3.8) is 0 Å². The van der Waals surface area contributed by atoms with Crippen molar-refractivity contribution in [2.45, 2.75) is 25.6 Å². The van der Waals surface area contributed by atoms with Gasteiger partial charge < -0.3 is 15.6 Å². The van der Waals surface area contributed by atoms with Gasteiger partial charge in [0.15, 0.2) is 0 Å². The Kier molecular flexibility index (Phi) is 3.79. The number of thiophene rings is 1. The molecular formula is C12H15BrN4S. The molecule has 3 heterocycles. The van der Waals surface area contributed by atoms with Gasteiger partial charge in [-0.3, -0.25) is 0 Å². The highest BCUT2D eigenvalue weighted by Gasteiger charge is 2.19. The van der Waals surface area contributed by atoms with E-state index in [0.29, 0.717) is 6.04 Å². The smallest absolute Gasteiger partial charge is 0.0925 e. The van der Waals surface area contributed by atoms with Gasteiger partial charge in [-0.05, 0) is 22.0 Å². The number of halogens is 1. The first kappa shape index (κ1) is 12.3. The molecule has 6 heteroatoms. The molecule has 18 heavy (non-hydrogen) atoms. The fourth-order valence-electron chi connectivity index (χ4n) is 2.19. The van der Waals surface area contributed by atoms with Gasteiger partial charge >= 0.3 is 0 Å². The Morgan fingerprint density at radius 1 is 1.56 bits per heavy atom. The Bertz CT molecular complexity index is 522. The molecule has 0 aromatic carbocycles. The molecule has 0 radical (unpaired) electrons. The SMILES string of the molecule is Brc1csc(CNCC2Cc3nc[nH]c3CN2)c1. The highest BCUT2D eigenvalue weighted by atomic mass is 79.9. The number of aromatic nitrogens is 2. The number of aromatic amines is 1. The van der Waals surface area contributed by atoms with Gasteiger partial charge in [0.2, 0.25) is 0 Å². The molecule has 1 unspecified atom stereocenters. The molecule has 0 saturated carbocycles. The number of H-pyrrole nitrogens is 1. The Morgan fingerprint density at radius 2 is 2.50 bits per heavy atom. The van der Waals surface area contributed by atoms with Crippen LogP contribution in [0, 0.1) is 0 Å². The summed E-state index contributed by atoms with van der Waals surface area (Å²) in [6.07, 6.45) is 2.78. The second-order valence-corrected chi connectivity index (χ2v) is 6.38. The van der Waals surface area contributed by atoms with E-state index in [0.717, 1.165) is 26.1 Å². The topological polar surface area (TPSA) is 52.7 Å². The molecule has 0 amide bonds. The maximum Gasteiger partial charge on any atom is 0.0925 e. The van der Waals surface area contributed by atoms with Crippen molar-refractivity contribution in [2.24, 2.45) is 0 Å². The first-order chi connectivity index (χ1) is 8.81. The molecule has 0 fully saturated rings. The van der Waals surface area contributed by atoms with Crippen molar-refractivity contribution < 1.29 is 0 Å². The average molecular weight is 327 g/mol. The Hall–Kier alpha value is -0.690. The summed E-state index contributed by atoms with van der Waals surface area (Å²) in [6.45, 7) is 2.80. The minimum atomic E-state index is 0.476. The zero-order valence-corrected chi connectivity index (χ0v) is 12.3.